The van der Waals surface area contributed by atoms with Crippen molar-refractivity contribution in [2.75, 3.05) is 45.8 Å². The number of likely N-dealkylation sites (tertiary alicyclic amines) is 2. The number of alkyl halides is 6. The average molecular weight is 693 g/mol. The van der Waals surface area contributed by atoms with Crippen molar-refractivity contribution in [2.45, 2.75) is 49.7 Å². The molecule has 6 rings (SSSR count). The van der Waals surface area contributed by atoms with E-state index in [1.807, 2.05) is 30.3 Å². The Morgan fingerprint density at radius 1 is 0.708 bits per heavy atom. The second-order valence-corrected chi connectivity index (χ2v) is 13.1. The fraction of sp³-hybridized carbons (Fsp3) is 0.429. The predicted molar refractivity (Wildman–Crippen MR) is 169 cm³/mol. The number of rotatable bonds is 6. The second-order valence-electron chi connectivity index (χ2n) is 12.7. The summed E-state index contributed by atoms with van der Waals surface area (Å²) >= 11 is 6.21. The van der Waals surface area contributed by atoms with E-state index in [2.05, 4.69) is 9.80 Å². The molecule has 3 aromatic rings. The van der Waals surface area contributed by atoms with Crippen LogP contribution < -0.4 is 0 Å². The average Bonchev–Trinajstić information content (AvgIpc) is 3.04. The van der Waals surface area contributed by atoms with Gasteiger partial charge in [-0.15, -0.1) is 0 Å². The van der Waals surface area contributed by atoms with Crippen molar-refractivity contribution in [1.82, 2.24) is 19.6 Å². The highest BCUT2D eigenvalue weighted by Crippen LogP contribution is 2.37. The summed E-state index contributed by atoms with van der Waals surface area (Å²) in [5, 5.41) is 0.429. The van der Waals surface area contributed by atoms with Gasteiger partial charge in [0.05, 0.1) is 21.7 Å². The number of hydrogen-bond acceptors (Lipinski definition) is 4. The number of nitrogens with zero attached hydrogens (tertiary/aromatic N) is 4. The predicted octanol–water partition coefficient (Wildman–Crippen LogP) is 6.74. The zero-order valence-corrected chi connectivity index (χ0v) is 26.7. The molecule has 0 bridgehead atoms. The van der Waals surface area contributed by atoms with Crippen LogP contribution in [0.3, 0.4) is 0 Å². The standard InChI is InChI=1S/C35H35ClF6N4O2/c36-31-9-5-4-8-30(31)33(48)45-21-29(22-45)44-14-12-43(13-15-44)27-10-11-46(28(20-27)16-23-6-2-1-3-7-23)32(47)24-17-25(34(37,38)39)19-26(18-24)35(40,41)42/h1-9,17-19,27-29H,10-16,20-22H2/t27-,28+/m0/s1. The van der Waals surface area contributed by atoms with Gasteiger partial charge in [-0.1, -0.05) is 54.1 Å². The van der Waals surface area contributed by atoms with Crippen molar-refractivity contribution in [3.05, 3.63) is 106 Å². The van der Waals surface area contributed by atoms with Crippen LogP contribution >= 0.6 is 11.6 Å². The van der Waals surface area contributed by atoms with Crippen molar-refractivity contribution in [3.8, 4) is 0 Å². The van der Waals surface area contributed by atoms with Crippen molar-refractivity contribution in [1.29, 1.82) is 0 Å². The number of piperazine rings is 1. The fourth-order valence-electron chi connectivity index (χ4n) is 7.08. The van der Waals surface area contributed by atoms with E-state index < -0.39 is 41.0 Å². The maximum Gasteiger partial charge on any atom is 0.416 e. The molecular formula is C35H35ClF6N4O2. The lowest BCUT2D eigenvalue weighted by molar-refractivity contribution is -0.143. The Morgan fingerprint density at radius 3 is 1.85 bits per heavy atom. The van der Waals surface area contributed by atoms with Gasteiger partial charge in [-0.2, -0.15) is 26.3 Å². The lowest BCUT2D eigenvalue weighted by atomic mass is 9.90. The largest absolute Gasteiger partial charge is 0.416 e. The molecule has 13 heteroatoms. The molecule has 3 saturated heterocycles. The van der Waals surface area contributed by atoms with Crippen LogP contribution in [0.4, 0.5) is 26.3 Å². The highest BCUT2D eigenvalue weighted by molar-refractivity contribution is 6.33. The first-order valence-electron chi connectivity index (χ1n) is 15.9. The molecule has 3 aromatic carbocycles. The number of carbonyl (C=O) groups excluding carboxylic acids is 2. The number of carbonyl (C=O) groups is 2. The van der Waals surface area contributed by atoms with Gasteiger partial charge in [0.15, 0.2) is 0 Å². The molecule has 0 aromatic heterocycles. The third kappa shape index (κ3) is 7.50. The van der Waals surface area contributed by atoms with Crippen molar-refractivity contribution >= 4 is 23.4 Å². The molecule has 256 valence electrons. The van der Waals surface area contributed by atoms with Crippen LogP contribution in [0.15, 0.2) is 72.8 Å². The third-order valence-corrected chi connectivity index (χ3v) is 10.1. The molecule has 3 aliphatic rings. The van der Waals surface area contributed by atoms with Crippen LogP contribution in [0.25, 0.3) is 0 Å². The first-order chi connectivity index (χ1) is 22.8. The molecule has 3 fully saturated rings. The molecule has 0 saturated carbocycles. The summed E-state index contributed by atoms with van der Waals surface area (Å²) in [6.45, 7) is 4.59. The summed E-state index contributed by atoms with van der Waals surface area (Å²) in [6.07, 6.45) is -8.58. The monoisotopic (exact) mass is 692 g/mol. The van der Waals surface area contributed by atoms with E-state index in [1.165, 1.54) is 4.90 Å². The number of hydrogen-bond donors (Lipinski definition) is 0. The molecule has 0 unspecified atom stereocenters. The Kier molecular flexibility index (Phi) is 9.79. The minimum Gasteiger partial charge on any atom is -0.335 e. The highest BCUT2D eigenvalue weighted by Gasteiger charge is 2.41. The Bertz CT molecular complexity index is 1590. The maximum absolute atomic E-state index is 13.7. The van der Waals surface area contributed by atoms with Crippen LogP contribution in [-0.4, -0.2) is 95.4 Å². The molecule has 0 spiro atoms. The first kappa shape index (κ1) is 34.3. The molecule has 0 radical (unpaired) electrons. The van der Waals surface area contributed by atoms with Gasteiger partial charge in [0.1, 0.15) is 0 Å². The summed E-state index contributed by atoms with van der Waals surface area (Å²) in [7, 11) is 0. The molecule has 2 amide bonds. The van der Waals surface area contributed by atoms with E-state index in [0.717, 1.165) is 31.7 Å². The molecule has 6 nitrogen and oxygen atoms in total. The molecular weight excluding hydrogens is 658 g/mol. The normalized spacial score (nSPS) is 21.6. The summed E-state index contributed by atoms with van der Waals surface area (Å²) < 4.78 is 81.5. The smallest absolute Gasteiger partial charge is 0.335 e. The Hall–Kier alpha value is -3.61. The minimum atomic E-state index is -5.04. The Balaban J connectivity index is 1.12. The summed E-state index contributed by atoms with van der Waals surface area (Å²) in [5.74, 6) is -0.919. The second kappa shape index (κ2) is 13.7. The van der Waals surface area contributed by atoms with E-state index in [9.17, 15) is 35.9 Å². The van der Waals surface area contributed by atoms with Gasteiger partial charge in [-0.3, -0.25) is 19.4 Å². The van der Waals surface area contributed by atoms with Crippen LogP contribution in [0, 0.1) is 0 Å². The van der Waals surface area contributed by atoms with Crippen molar-refractivity contribution < 1.29 is 35.9 Å². The SMILES string of the molecule is O=C(c1ccccc1Cl)N1CC(N2CCN([C@H]3CCN(C(=O)c4cc(C(F)(F)F)cc(C(F)(F)F)c4)[C@H](Cc4ccccc4)C3)CC2)C1. The number of piperidine rings is 1. The van der Waals surface area contributed by atoms with E-state index in [1.54, 1.807) is 29.2 Å². The van der Waals surface area contributed by atoms with Gasteiger partial charge < -0.3 is 9.80 Å². The topological polar surface area (TPSA) is 47.1 Å². The Labute approximate surface area is 279 Å². The van der Waals surface area contributed by atoms with Gasteiger partial charge >= 0.3 is 12.4 Å². The molecule has 2 atom stereocenters. The zero-order chi connectivity index (χ0) is 34.2. The number of benzene rings is 3. The molecule has 3 heterocycles. The summed E-state index contributed by atoms with van der Waals surface area (Å²) in [5.41, 5.74) is -2.21. The zero-order valence-electron chi connectivity index (χ0n) is 26.0. The maximum atomic E-state index is 13.7. The van der Waals surface area contributed by atoms with Crippen LogP contribution in [0.1, 0.15) is 50.2 Å². The van der Waals surface area contributed by atoms with E-state index >= 15 is 0 Å². The van der Waals surface area contributed by atoms with Gasteiger partial charge in [0, 0.05) is 69.5 Å². The molecule has 0 aliphatic carbocycles. The van der Waals surface area contributed by atoms with Gasteiger partial charge in [-0.05, 0) is 55.2 Å². The van der Waals surface area contributed by atoms with Crippen LogP contribution in [-0.2, 0) is 18.8 Å². The minimum absolute atomic E-state index is 0.0437. The lowest BCUT2D eigenvalue weighted by Gasteiger charge is -2.50. The van der Waals surface area contributed by atoms with E-state index in [-0.39, 0.29) is 30.6 Å². The Morgan fingerprint density at radius 2 is 1.27 bits per heavy atom. The number of halogens is 7. The van der Waals surface area contributed by atoms with Crippen molar-refractivity contribution in [3.63, 3.8) is 0 Å². The van der Waals surface area contributed by atoms with E-state index in [4.69, 9.17) is 11.6 Å². The fourth-order valence-corrected chi connectivity index (χ4v) is 7.29. The van der Waals surface area contributed by atoms with Gasteiger partial charge in [0.2, 0.25) is 0 Å². The summed E-state index contributed by atoms with van der Waals surface area (Å²) in [4.78, 5) is 34.6. The third-order valence-electron chi connectivity index (χ3n) is 9.73. The van der Waals surface area contributed by atoms with Crippen molar-refractivity contribution in [2.24, 2.45) is 0 Å². The van der Waals surface area contributed by atoms with Gasteiger partial charge in [-0.25, -0.2) is 0 Å². The highest BCUT2D eigenvalue weighted by atomic mass is 35.5. The number of amides is 2. The summed E-state index contributed by atoms with van der Waals surface area (Å²) in [6, 6.07) is 17.4. The van der Waals surface area contributed by atoms with Gasteiger partial charge in [0.25, 0.3) is 11.8 Å². The van der Waals surface area contributed by atoms with Crippen LogP contribution in [0.2, 0.25) is 5.02 Å². The first-order valence-corrected chi connectivity index (χ1v) is 16.3. The molecule has 3 aliphatic heterocycles. The van der Waals surface area contributed by atoms with E-state index in [0.29, 0.717) is 55.1 Å². The lowest BCUT2D eigenvalue weighted by Crippen LogP contribution is -2.65. The molecule has 48 heavy (non-hydrogen) atoms. The quantitative estimate of drug-likeness (QED) is 0.269. The molecule has 0 N–H and O–H groups in total. The van der Waals surface area contributed by atoms with Crippen LogP contribution in [0.5, 0.6) is 0 Å².